The largest absolute Gasteiger partial charge is 0.383 e. The highest BCUT2D eigenvalue weighted by Gasteiger charge is 2.55. The van der Waals surface area contributed by atoms with Crippen LogP contribution in [0.15, 0.2) is 54.7 Å². The van der Waals surface area contributed by atoms with Gasteiger partial charge >= 0.3 is 0 Å². The van der Waals surface area contributed by atoms with Gasteiger partial charge in [-0.15, -0.1) is 0 Å². The summed E-state index contributed by atoms with van der Waals surface area (Å²) in [5, 5.41) is 10.4. The van der Waals surface area contributed by atoms with Crippen LogP contribution in [0.1, 0.15) is 28.9 Å². The number of hydrogen-bond donors (Lipinski definition) is 1. The van der Waals surface area contributed by atoms with E-state index in [0.717, 1.165) is 0 Å². The lowest BCUT2D eigenvalue weighted by Crippen LogP contribution is -2.13. The van der Waals surface area contributed by atoms with Crippen LogP contribution >= 0.6 is 0 Å². The van der Waals surface area contributed by atoms with Gasteiger partial charge in [0.1, 0.15) is 5.60 Å². The molecule has 19 heavy (non-hydrogen) atoms. The van der Waals surface area contributed by atoms with E-state index in [9.17, 15) is 9.90 Å². The van der Waals surface area contributed by atoms with Crippen molar-refractivity contribution in [2.45, 2.75) is 18.4 Å². The van der Waals surface area contributed by atoms with Crippen molar-refractivity contribution in [3.05, 3.63) is 66.0 Å². The number of hydrogen-bond acceptors (Lipinski definition) is 3. The molecule has 0 radical (unpaired) electrons. The maximum Gasteiger partial charge on any atom is 0.163 e. The summed E-state index contributed by atoms with van der Waals surface area (Å²) in [5.41, 5.74) is 0.463. The van der Waals surface area contributed by atoms with Crippen molar-refractivity contribution in [2.24, 2.45) is 5.92 Å². The number of Topliss-reactive ketones (excluding diaryl/α,β-unsaturated/α-hetero) is 1. The molecule has 1 N–H and O–H groups in total. The number of benzene rings is 1. The number of carbonyl (C=O) groups excluding carboxylic acids is 1. The van der Waals surface area contributed by atoms with Gasteiger partial charge in [0, 0.05) is 24.1 Å². The van der Waals surface area contributed by atoms with Crippen LogP contribution in [0, 0.1) is 5.92 Å². The third-order valence-electron chi connectivity index (χ3n) is 3.71. The third kappa shape index (κ3) is 2.29. The van der Waals surface area contributed by atoms with Gasteiger partial charge in [-0.3, -0.25) is 9.78 Å². The number of rotatable bonds is 4. The van der Waals surface area contributed by atoms with Gasteiger partial charge in [-0.05, 0) is 18.6 Å². The second-order valence-corrected chi connectivity index (χ2v) is 5.03. The van der Waals surface area contributed by atoms with Crippen molar-refractivity contribution in [3.8, 4) is 0 Å². The molecular formula is C16H15NO2. The van der Waals surface area contributed by atoms with Crippen molar-refractivity contribution >= 4 is 5.78 Å². The van der Waals surface area contributed by atoms with Crippen LogP contribution in [0.2, 0.25) is 0 Å². The molecule has 3 heteroatoms. The Kier molecular flexibility index (Phi) is 2.91. The molecule has 1 aromatic heterocycles. The molecule has 1 aromatic carbocycles. The molecule has 1 aliphatic rings. The number of aliphatic hydroxyl groups is 1. The molecule has 0 spiro atoms. The molecule has 0 aliphatic heterocycles. The molecule has 1 aliphatic carbocycles. The highest BCUT2D eigenvalue weighted by atomic mass is 16.3. The van der Waals surface area contributed by atoms with Crippen LogP contribution in [-0.4, -0.2) is 15.9 Å². The zero-order chi connectivity index (χ0) is 13.3. The van der Waals surface area contributed by atoms with Gasteiger partial charge in [-0.1, -0.05) is 36.4 Å². The molecular weight excluding hydrogens is 238 g/mol. The monoisotopic (exact) mass is 253 g/mol. The van der Waals surface area contributed by atoms with Crippen LogP contribution in [0.5, 0.6) is 0 Å². The highest BCUT2D eigenvalue weighted by Crippen LogP contribution is 2.53. The van der Waals surface area contributed by atoms with E-state index in [4.69, 9.17) is 0 Å². The lowest BCUT2D eigenvalue weighted by atomic mass is 10.0. The van der Waals surface area contributed by atoms with Crippen molar-refractivity contribution in [3.63, 3.8) is 0 Å². The number of aromatic nitrogens is 1. The number of carbonyl (C=O) groups is 1. The van der Waals surface area contributed by atoms with Gasteiger partial charge in [0.15, 0.2) is 5.78 Å². The third-order valence-corrected chi connectivity index (χ3v) is 3.71. The summed E-state index contributed by atoms with van der Waals surface area (Å²) in [4.78, 5) is 16.3. The van der Waals surface area contributed by atoms with Crippen molar-refractivity contribution in [1.29, 1.82) is 0 Å². The molecule has 1 saturated carbocycles. The Morgan fingerprint density at radius 3 is 2.63 bits per heavy atom. The van der Waals surface area contributed by atoms with Crippen molar-refractivity contribution in [1.82, 2.24) is 4.98 Å². The molecule has 1 unspecified atom stereocenters. The van der Waals surface area contributed by atoms with E-state index in [-0.39, 0.29) is 11.7 Å². The van der Waals surface area contributed by atoms with E-state index in [1.165, 1.54) is 0 Å². The van der Waals surface area contributed by atoms with Gasteiger partial charge in [0.2, 0.25) is 0 Å². The van der Waals surface area contributed by atoms with Gasteiger partial charge in [-0.25, -0.2) is 0 Å². The number of pyridine rings is 1. The maximum atomic E-state index is 12.1. The minimum absolute atomic E-state index is 0.0184. The predicted octanol–water partition coefficient (Wildman–Crippen LogP) is 2.56. The Labute approximate surface area is 111 Å². The summed E-state index contributed by atoms with van der Waals surface area (Å²) in [6.07, 6.45) is 2.65. The van der Waals surface area contributed by atoms with Gasteiger partial charge < -0.3 is 5.11 Å². The SMILES string of the molecule is O=C(CC1C[C@@]1(O)c1ccccn1)c1ccccc1. The highest BCUT2D eigenvalue weighted by molar-refractivity contribution is 5.96. The Balaban J connectivity index is 1.69. The summed E-state index contributed by atoms with van der Waals surface area (Å²) in [6, 6.07) is 14.7. The smallest absolute Gasteiger partial charge is 0.163 e. The molecule has 1 heterocycles. The van der Waals surface area contributed by atoms with Crippen molar-refractivity contribution < 1.29 is 9.90 Å². The predicted molar refractivity (Wildman–Crippen MR) is 71.6 cm³/mol. The topological polar surface area (TPSA) is 50.2 Å². The molecule has 96 valence electrons. The minimum Gasteiger partial charge on any atom is -0.383 e. The Hall–Kier alpha value is -2.00. The summed E-state index contributed by atoms with van der Waals surface area (Å²) < 4.78 is 0. The molecule has 3 rings (SSSR count). The molecule has 1 fully saturated rings. The van der Waals surface area contributed by atoms with E-state index in [1.54, 1.807) is 6.20 Å². The fraction of sp³-hybridized carbons (Fsp3) is 0.250. The molecule has 0 bridgehead atoms. The maximum absolute atomic E-state index is 12.1. The van der Waals surface area contributed by atoms with E-state index in [1.807, 2.05) is 48.5 Å². The van der Waals surface area contributed by atoms with Crippen LogP contribution in [0.3, 0.4) is 0 Å². The molecule has 3 nitrogen and oxygen atoms in total. The Bertz CT molecular complexity index is 582. The molecule has 0 saturated heterocycles. The van der Waals surface area contributed by atoms with E-state index in [2.05, 4.69) is 4.98 Å². The zero-order valence-corrected chi connectivity index (χ0v) is 10.5. The van der Waals surface area contributed by atoms with Crippen LogP contribution in [0.25, 0.3) is 0 Å². The van der Waals surface area contributed by atoms with E-state index < -0.39 is 5.60 Å². The zero-order valence-electron chi connectivity index (χ0n) is 10.5. The molecule has 0 amide bonds. The average Bonchev–Trinajstić information content (AvgIpc) is 3.12. The van der Waals surface area contributed by atoms with Crippen LogP contribution in [-0.2, 0) is 5.60 Å². The average molecular weight is 253 g/mol. The van der Waals surface area contributed by atoms with Gasteiger partial charge in [-0.2, -0.15) is 0 Å². The summed E-state index contributed by atoms with van der Waals surface area (Å²) >= 11 is 0. The van der Waals surface area contributed by atoms with Crippen molar-refractivity contribution in [2.75, 3.05) is 0 Å². The summed E-state index contributed by atoms with van der Waals surface area (Å²) in [6.45, 7) is 0. The fourth-order valence-electron chi connectivity index (χ4n) is 2.46. The van der Waals surface area contributed by atoms with Gasteiger partial charge in [0.05, 0.1) is 5.69 Å². The first kappa shape index (κ1) is 12.1. The van der Waals surface area contributed by atoms with Crippen LogP contribution in [0.4, 0.5) is 0 Å². The first-order valence-electron chi connectivity index (χ1n) is 6.42. The minimum atomic E-state index is -0.911. The second-order valence-electron chi connectivity index (χ2n) is 5.03. The van der Waals surface area contributed by atoms with Gasteiger partial charge in [0.25, 0.3) is 0 Å². The Morgan fingerprint density at radius 2 is 1.95 bits per heavy atom. The second kappa shape index (κ2) is 4.59. The molecule has 2 aromatic rings. The number of nitrogens with zero attached hydrogens (tertiary/aromatic N) is 1. The fourth-order valence-corrected chi connectivity index (χ4v) is 2.46. The first-order valence-corrected chi connectivity index (χ1v) is 6.42. The Morgan fingerprint density at radius 1 is 1.21 bits per heavy atom. The standard InChI is InChI=1S/C16H15NO2/c18-14(12-6-2-1-3-7-12)10-13-11-16(13,19)15-8-4-5-9-17-15/h1-9,13,19H,10-11H2/t13?,16-/m0/s1. The first-order chi connectivity index (χ1) is 9.20. The van der Waals surface area contributed by atoms with Crippen LogP contribution < -0.4 is 0 Å². The lowest BCUT2D eigenvalue weighted by Gasteiger charge is -2.09. The lowest BCUT2D eigenvalue weighted by molar-refractivity contribution is 0.0915. The van der Waals surface area contributed by atoms with E-state index in [0.29, 0.717) is 24.1 Å². The summed E-state index contributed by atoms with van der Waals surface area (Å²) in [5.74, 6) is 0.0626. The normalized spacial score (nSPS) is 25.0. The quantitative estimate of drug-likeness (QED) is 0.852. The van der Waals surface area contributed by atoms with E-state index >= 15 is 0 Å². The molecule has 2 atom stereocenters. The summed E-state index contributed by atoms with van der Waals surface area (Å²) in [7, 11) is 0. The number of ketones is 1.